The number of rotatable bonds is 1. The monoisotopic (exact) mass is 321 g/mol. The van der Waals surface area contributed by atoms with Gasteiger partial charge in [0.05, 0.1) is 0 Å². The molecule has 1 aromatic carbocycles. The number of carbonyl (C=O) groups is 1. The summed E-state index contributed by atoms with van der Waals surface area (Å²) < 4.78 is 1.10. The number of nitrogens with zero attached hydrogens (tertiary/aromatic N) is 1. The highest BCUT2D eigenvalue weighted by Gasteiger charge is 2.35. The van der Waals surface area contributed by atoms with Crippen LogP contribution < -0.4 is 4.90 Å². The maximum absolute atomic E-state index is 12.8. The maximum Gasteiger partial charge on any atom is 0.230 e. The summed E-state index contributed by atoms with van der Waals surface area (Å²) >= 11 is 3.51. The van der Waals surface area contributed by atoms with Crippen molar-refractivity contribution in [2.75, 3.05) is 4.90 Å². The molecule has 1 saturated carbocycles. The van der Waals surface area contributed by atoms with Crippen LogP contribution in [0.2, 0.25) is 0 Å². The molecule has 0 N–H and O–H groups in total. The van der Waals surface area contributed by atoms with Crippen molar-refractivity contribution in [3.05, 3.63) is 28.2 Å². The lowest BCUT2D eigenvalue weighted by molar-refractivity contribution is -0.123. The molecular weight excluding hydrogens is 302 g/mol. The molecule has 1 aliphatic heterocycles. The first-order valence-electron chi connectivity index (χ1n) is 7.28. The average Bonchev–Trinajstić information content (AvgIpc) is 2.74. The van der Waals surface area contributed by atoms with Gasteiger partial charge in [-0.05, 0) is 49.9 Å². The Labute approximate surface area is 123 Å². The molecule has 1 atom stereocenters. The fourth-order valence-corrected chi connectivity index (χ4v) is 3.89. The number of amides is 1. The third kappa shape index (κ3) is 2.45. The van der Waals surface area contributed by atoms with Crippen LogP contribution in [-0.4, -0.2) is 11.9 Å². The lowest BCUT2D eigenvalue weighted by atomic mass is 9.88. The summed E-state index contributed by atoms with van der Waals surface area (Å²) in [6.45, 7) is 2.16. The molecule has 1 aliphatic carbocycles. The molecule has 0 aromatic heterocycles. The van der Waals surface area contributed by atoms with Gasteiger partial charge in [-0.15, -0.1) is 0 Å². The number of halogens is 1. The molecule has 1 aromatic rings. The first-order chi connectivity index (χ1) is 9.16. The van der Waals surface area contributed by atoms with Gasteiger partial charge in [-0.1, -0.05) is 35.2 Å². The topological polar surface area (TPSA) is 20.3 Å². The lowest BCUT2D eigenvalue weighted by Gasteiger charge is -2.29. The molecule has 1 amide bonds. The molecule has 0 spiro atoms. The van der Waals surface area contributed by atoms with Gasteiger partial charge in [-0.2, -0.15) is 0 Å². The Hall–Kier alpha value is -0.830. The number of benzene rings is 1. The van der Waals surface area contributed by atoms with Gasteiger partial charge in [0.1, 0.15) is 0 Å². The molecule has 0 saturated heterocycles. The Morgan fingerprint density at radius 2 is 2.00 bits per heavy atom. The molecule has 2 nitrogen and oxygen atoms in total. The normalized spacial score (nSPS) is 23.5. The maximum atomic E-state index is 12.8. The SMILES string of the molecule is CC1Cc2cc(Br)ccc2N1C(=O)C1CCCCC1. The second-order valence-corrected chi connectivity index (χ2v) is 6.79. The number of hydrogen-bond donors (Lipinski definition) is 0. The van der Waals surface area contributed by atoms with Crippen molar-refractivity contribution in [2.24, 2.45) is 5.92 Å². The second-order valence-electron chi connectivity index (χ2n) is 5.87. The minimum atomic E-state index is 0.255. The zero-order chi connectivity index (χ0) is 13.4. The Bertz CT molecular complexity index is 494. The predicted molar refractivity (Wildman–Crippen MR) is 81.4 cm³/mol. The lowest BCUT2D eigenvalue weighted by Crippen LogP contribution is -2.40. The molecule has 3 rings (SSSR count). The van der Waals surface area contributed by atoms with Gasteiger partial charge >= 0.3 is 0 Å². The first-order valence-corrected chi connectivity index (χ1v) is 8.07. The predicted octanol–water partition coefficient (Wildman–Crippen LogP) is 4.31. The smallest absolute Gasteiger partial charge is 0.230 e. The van der Waals surface area contributed by atoms with E-state index in [1.807, 2.05) is 6.07 Å². The van der Waals surface area contributed by atoms with Crippen LogP contribution >= 0.6 is 15.9 Å². The Kier molecular flexibility index (Phi) is 3.66. The Morgan fingerprint density at radius 1 is 1.26 bits per heavy atom. The van der Waals surface area contributed by atoms with Gasteiger partial charge in [-0.3, -0.25) is 4.79 Å². The number of anilines is 1. The minimum Gasteiger partial charge on any atom is -0.309 e. The van der Waals surface area contributed by atoms with Crippen molar-refractivity contribution in [2.45, 2.75) is 51.5 Å². The van der Waals surface area contributed by atoms with Crippen LogP contribution in [0.1, 0.15) is 44.6 Å². The quantitative estimate of drug-likeness (QED) is 0.754. The molecule has 1 unspecified atom stereocenters. The van der Waals surface area contributed by atoms with E-state index in [-0.39, 0.29) is 5.92 Å². The van der Waals surface area contributed by atoms with Crippen molar-refractivity contribution >= 4 is 27.5 Å². The van der Waals surface area contributed by atoms with Crippen LogP contribution in [0.5, 0.6) is 0 Å². The van der Waals surface area contributed by atoms with E-state index in [2.05, 4.69) is 39.9 Å². The van der Waals surface area contributed by atoms with Gasteiger partial charge < -0.3 is 4.90 Å². The summed E-state index contributed by atoms with van der Waals surface area (Å²) in [6, 6.07) is 6.58. The summed E-state index contributed by atoms with van der Waals surface area (Å²) in [6.07, 6.45) is 6.86. The van der Waals surface area contributed by atoms with Gasteiger partial charge in [-0.25, -0.2) is 0 Å². The highest BCUT2D eigenvalue weighted by molar-refractivity contribution is 9.10. The van der Waals surface area contributed by atoms with Crippen molar-refractivity contribution in [3.8, 4) is 0 Å². The highest BCUT2D eigenvalue weighted by Crippen LogP contribution is 2.37. The number of hydrogen-bond acceptors (Lipinski definition) is 1. The van der Waals surface area contributed by atoms with Gasteiger partial charge in [0.15, 0.2) is 0 Å². The van der Waals surface area contributed by atoms with Crippen molar-refractivity contribution in [1.82, 2.24) is 0 Å². The summed E-state index contributed by atoms with van der Waals surface area (Å²) in [5, 5.41) is 0. The highest BCUT2D eigenvalue weighted by atomic mass is 79.9. The Balaban J connectivity index is 1.86. The van der Waals surface area contributed by atoms with E-state index >= 15 is 0 Å². The van der Waals surface area contributed by atoms with Gasteiger partial charge in [0.2, 0.25) is 5.91 Å². The largest absolute Gasteiger partial charge is 0.309 e. The van der Waals surface area contributed by atoms with E-state index in [9.17, 15) is 4.79 Å². The van der Waals surface area contributed by atoms with Crippen LogP contribution in [0, 0.1) is 5.92 Å². The third-order valence-corrected chi connectivity index (χ3v) is 4.94. The number of carbonyl (C=O) groups excluding carboxylic acids is 1. The van der Waals surface area contributed by atoms with E-state index < -0.39 is 0 Å². The zero-order valence-electron chi connectivity index (χ0n) is 11.4. The zero-order valence-corrected chi connectivity index (χ0v) is 12.9. The molecule has 102 valence electrons. The molecule has 2 aliphatic rings. The van der Waals surface area contributed by atoms with Crippen molar-refractivity contribution < 1.29 is 4.79 Å². The molecular formula is C16H20BrNO. The molecule has 19 heavy (non-hydrogen) atoms. The third-order valence-electron chi connectivity index (χ3n) is 4.45. The van der Waals surface area contributed by atoms with Crippen LogP contribution in [0.4, 0.5) is 5.69 Å². The number of fused-ring (bicyclic) bond motifs is 1. The van der Waals surface area contributed by atoms with Crippen LogP contribution in [0.25, 0.3) is 0 Å². The summed E-state index contributed by atoms with van der Waals surface area (Å²) in [5.41, 5.74) is 2.43. The standard InChI is InChI=1S/C16H20BrNO/c1-11-9-13-10-14(17)7-8-15(13)18(11)16(19)12-5-3-2-4-6-12/h7-8,10-12H,2-6,9H2,1H3. The summed E-state index contributed by atoms with van der Waals surface area (Å²) in [4.78, 5) is 14.8. The van der Waals surface area contributed by atoms with Crippen LogP contribution in [0.3, 0.4) is 0 Å². The fourth-order valence-electron chi connectivity index (χ4n) is 3.48. The molecule has 0 bridgehead atoms. The van der Waals surface area contributed by atoms with Crippen molar-refractivity contribution in [3.63, 3.8) is 0 Å². The average molecular weight is 322 g/mol. The van der Waals surface area contributed by atoms with Crippen LogP contribution in [-0.2, 0) is 11.2 Å². The summed E-state index contributed by atoms with van der Waals surface area (Å²) in [7, 11) is 0. The molecule has 3 heteroatoms. The van der Waals surface area contributed by atoms with E-state index in [1.165, 1.54) is 24.8 Å². The first kappa shape index (κ1) is 13.2. The van der Waals surface area contributed by atoms with E-state index in [0.717, 1.165) is 29.4 Å². The van der Waals surface area contributed by atoms with Crippen molar-refractivity contribution in [1.29, 1.82) is 0 Å². The van der Waals surface area contributed by atoms with Gasteiger partial charge in [0.25, 0.3) is 0 Å². The van der Waals surface area contributed by atoms with Gasteiger partial charge in [0, 0.05) is 22.1 Å². The molecule has 1 fully saturated rings. The second kappa shape index (κ2) is 5.28. The minimum absolute atomic E-state index is 0.255. The Morgan fingerprint density at radius 3 is 2.74 bits per heavy atom. The van der Waals surface area contributed by atoms with E-state index in [1.54, 1.807) is 0 Å². The molecule has 0 radical (unpaired) electrons. The van der Waals surface area contributed by atoms with Crippen LogP contribution in [0.15, 0.2) is 22.7 Å². The fraction of sp³-hybridized carbons (Fsp3) is 0.562. The van der Waals surface area contributed by atoms with E-state index in [4.69, 9.17) is 0 Å². The summed E-state index contributed by atoms with van der Waals surface area (Å²) in [5.74, 6) is 0.610. The van der Waals surface area contributed by atoms with E-state index in [0.29, 0.717) is 11.9 Å². The molecule has 1 heterocycles.